The Balaban J connectivity index is 2.38. The highest BCUT2D eigenvalue weighted by Gasteiger charge is 2.35. The maximum absolute atomic E-state index is 14.2. The lowest BCUT2D eigenvalue weighted by Crippen LogP contribution is -2.36. The molecule has 0 aromatic heterocycles. The molecule has 5 nitrogen and oxygen atoms in total. The summed E-state index contributed by atoms with van der Waals surface area (Å²) in [5, 5.41) is 10.9. The minimum Gasteiger partial charge on any atom is -0.335 e. The molecule has 1 aliphatic rings. The van der Waals surface area contributed by atoms with Gasteiger partial charge in [0.2, 0.25) is 0 Å². The summed E-state index contributed by atoms with van der Waals surface area (Å²) in [5.74, 6) is -0.854. The molecule has 1 aromatic rings. The van der Waals surface area contributed by atoms with Gasteiger partial charge in [0.25, 0.3) is 11.6 Å². The van der Waals surface area contributed by atoms with Crippen molar-refractivity contribution in [3.63, 3.8) is 0 Å². The molecule has 0 aliphatic heterocycles. The van der Waals surface area contributed by atoms with Crippen LogP contribution in [-0.4, -0.2) is 28.3 Å². The number of non-ortho nitro benzene ring substituents is 1. The predicted octanol–water partition coefficient (Wildman–Crippen LogP) is 3.30. The van der Waals surface area contributed by atoms with Gasteiger partial charge in [0.1, 0.15) is 5.82 Å². The quantitative estimate of drug-likeness (QED) is 0.618. The van der Waals surface area contributed by atoms with Crippen LogP contribution in [0.3, 0.4) is 0 Å². The smallest absolute Gasteiger partial charge is 0.270 e. The number of rotatable bonds is 5. The second kappa shape index (κ2) is 5.79. The number of halogens is 1. The lowest BCUT2D eigenvalue weighted by molar-refractivity contribution is -0.385. The van der Waals surface area contributed by atoms with Gasteiger partial charge in [-0.2, -0.15) is 0 Å². The van der Waals surface area contributed by atoms with Crippen LogP contribution < -0.4 is 0 Å². The Morgan fingerprint density at radius 2 is 2.10 bits per heavy atom. The predicted molar refractivity (Wildman–Crippen MR) is 76.7 cm³/mol. The van der Waals surface area contributed by atoms with Gasteiger partial charge in [-0.1, -0.05) is 13.8 Å². The minimum absolute atomic E-state index is 0.118. The standard InChI is InChI=1S/C15H19FN2O3/c1-9(2)8-17(11-4-5-11)15(19)13-7-12(18(20)21)6-10(3)14(13)16/h6-7,9,11H,4-5,8H2,1-3H3. The summed E-state index contributed by atoms with van der Waals surface area (Å²) in [6.07, 6.45) is 1.82. The van der Waals surface area contributed by atoms with E-state index in [1.54, 1.807) is 4.90 Å². The topological polar surface area (TPSA) is 63.5 Å². The summed E-state index contributed by atoms with van der Waals surface area (Å²) >= 11 is 0. The molecular formula is C15H19FN2O3. The van der Waals surface area contributed by atoms with Crippen LogP contribution in [0.15, 0.2) is 12.1 Å². The van der Waals surface area contributed by atoms with Gasteiger partial charge in [0.15, 0.2) is 0 Å². The number of carbonyl (C=O) groups excluding carboxylic acids is 1. The maximum atomic E-state index is 14.2. The molecule has 6 heteroatoms. The first-order valence-corrected chi connectivity index (χ1v) is 7.06. The van der Waals surface area contributed by atoms with E-state index < -0.39 is 16.6 Å². The molecule has 0 atom stereocenters. The zero-order chi connectivity index (χ0) is 15.7. The van der Waals surface area contributed by atoms with Gasteiger partial charge < -0.3 is 4.90 Å². The monoisotopic (exact) mass is 294 g/mol. The van der Waals surface area contributed by atoms with Crippen molar-refractivity contribution >= 4 is 11.6 Å². The Kier molecular flexibility index (Phi) is 4.25. The maximum Gasteiger partial charge on any atom is 0.270 e. The summed E-state index contributed by atoms with van der Waals surface area (Å²) < 4.78 is 14.2. The van der Waals surface area contributed by atoms with E-state index in [0.29, 0.717) is 6.54 Å². The molecular weight excluding hydrogens is 275 g/mol. The van der Waals surface area contributed by atoms with Crippen LogP contribution in [0, 0.1) is 28.8 Å². The number of hydrogen-bond donors (Lipinski definition) is 0. The average Bonchev–Trinajstić information content (AvgIpc) is 3.22. The molecule has 2 rings (SSSR count). The largest absolute Gasteiger partial charge is 0.335 e. The van der Waals surface area contributed by atoms with Crippen molar-refractivity contribution in [1.82, 2.24) is 4.90 Å². The molecule has 1 aromatic carbocycles. The van der Waals surface area contributed by atoms with Gasteiger partial charge in [0, 0.05) is 24.7 Å². The Morgan fingerprint density at radius 3 is 2.57 bits per heavy atom. The molecule has 0 N–H and O–H groups in total. The van der Waals surface area contributed by atoms with Gasteiger partial charge in [0.05, 0.1) is 10.5 Å². The van der Waals surface area contributed by atoms with Crippen molar-refractivity contribution in [2.24, 2.45) is 5.92 Å². The molecule has 1 aliphatic carbocycles. The summed E-state index contributed by atoms with van der Waals surface area (Å²) in [7, 11) is 0. The molecule has 0 heterocycles. The van der Waals surface area contributed by atoms with Crippen molar-refractivity contribution in [2.75, 3.05) is 6.54 Å². The van der Waals surface area contributed by atoms with Crippen molar-refractivity contribution < 1.29 is 14.1 Å². The van der Waals surface area contributed by atoms with Crippen LogP contribution >= 0.6 is 0 Å². The number of nitrogens with zero attached hydrogens (tertiary/aromatic N) is 2. The van der Waals surface area contributed by atoms with E-state index in [4.69, 9.17) is 0 Å². The van der Waals surface area contributed by atoms with Crippen molar-refractivity contribution in [2.45, 2.75) is 39.7 Å². The average molecular weight is 294 g/mol. The molecule has 1 saturated carbocycles. The first-order chi connectivity index (χ1) is 9.81. The molecule has 1 amide bonds. The molecule has 114 valence electrons. The summed E-state index contributed by atoms with van der Waals surface area (Å²) in [6.45, 7) is 5.93. The van der Waals surface area contributed by atoms with Crippen LogP contribution in [-0.2, 0) is 0 Å². The molecule has 0 radical (unpaired) electrons. The van der Waals surface area contributed by atoms with Crippen LogP contribution in [0.5, 0.6) is 0 Å². The third-order valence-corrected chi connectivity index (χ3v) is 3.49. The van der Waals surface area contributed by atoms with Crippen molar-refractivity contribution in [3.05, 3.63) is 39.2 Å². The lowest BCUT2D eigenvalue weighted by Gasteiger charge is -2.24. The van der Waals surface area contributed by atoms with Crippen molar-refractivity contribution in [3.8, 4) is 0 Å². The molecule has 21 heavy (non-hydrogen) atoms. The third-order valence-electron chi connectivity index (χ3n) is 3.49. The van der Waals surface area contributed by atoms with Crippen LogP contribution in [0.1, 0.15) is 42.6 Å². The highest BCUT2D eigenvalue weighted by molar-refractivity contribution is 5.95. The molecule has 0 spiro atoms. The summed E-state index contributed by atoms with van der Waals surface area (Å²) in [5.41, 5.74) is -0.334. The van der Waals surface area contributed by atoms with E-state index in [2.05, 4.69) is 0 Å². The van der Waals surface area contributed by atoms with E-state index in [1.165, 1.54) is 6.92 Å². The number of nitro groups is 1. The van der Waals surface area contributed by atoms with Gasteiger partial charge in [-0.3, -0.25) is 14.9 Å². The number of nitro benzene ring substituents is 1. The van der Waals surface area contributed by atoms with E-state index >= 15 is 0 Å². The number of aryl methyl sites for hydroxylation is 1. The second-order valence-corrected chi connectivity index (χ2v) is 5.96. The first kappa shape index (κ1) is 15.4. The van der Waals surface area contributed by atoms with E-state index in [1.807, 2.05) is 13.8 Å². The number of hydrogen-bond acceptors (Lipinski definition) is 3. The SMILES string of the molecule is Cc1cc([N+](=O)[O-])cc(C(=O)N(CC(C)C)C2CC2)c1F. The fourth-order valence-electron chi connectivity index (χ4n) is 2.34. The number of carbonyl (C=O) groups is 1. The fourth-order valence-corrected chi connectivity index (χ4v) is 2.34. The molecule has 1 fully saturated rings. The Hall–Kier alpha value is -1.98. The highest BCUT2D eigenvalue weighted by atomic mass is 19.1. The van der Waals surface area contributed by atoms with E-state index in [9.17, 15) is 19.3 Å². The Morgan fingerprint density at radius 1 is 1.48 bits per heavy atom. The normalized spacial score (nSPS) is 14.3. The highest BCUT2D eigenvalue weighted by Crippen LogP contribution is 2.31. The van der Waals surface area contributed by atoms with Crippen molar-refractivity contribution in [1.29, 1.82) is 0 Å². The van der Waals surface area contributed by atoms with Gasteiger partial charge in [-0.05, 0) is 31.2 Å². The van der Waals surface area contributed by atoms with Crippen LogP contribution in [0.25, 0.3) is 0 Å². The van der Waals surface area contributed by atoms with Gasteiger partial charge in [-0.25, -0.2) is 4.39 Å². The zero-order valence-electron chi connectivity index (χ0n) is 12.4. The third kappa shape index (κ3) is 3.37. The molecule has 0 saturated heterocycles. The zero-order valence-corrected chi connectivity index (χ0v) is 12.4. The second-order valence-electron chi connectivity index (χ2n) is 5.96. The number of amides is 1. The summed E-state index contributed by atoms with van der Waals surface area (Å²) in [6, 6.07) is 2.33. The fraction of sp³-hybridized carbons (Fsp3) is 0.533. The number of benzene rings is 1. The van der Waals surface area contributed by atoms with E-state index in [0.717, 1.165) is 25.0 Å². The van der Waals surface area contributed by atoms with Gasteiger partial charge >= 0.3 is 0 Å². The van der Waals surface area contributed by atoms with Crippen LogP contribution in [0.4, 0.5) is 10.1 Å². The van der Waals surface area contributed by atoms with Crippen LogP contribution in [0.2, 0.25) is 0 Å². The molecule has 0 unspecified atom stereocenters. The first-order valence-electron chi connectivity index (χ1n) is 7.06. The summed E-state index contributed by atoms with van der Waals surface area (Å²) in [4.78, 5) is 24.5. The minimum atomic E-state index is -0.667. The Bertz CT molecular complexity index is 583. The lowest BCUT2D eigenvalue weighted by atomic mass is 10.1. The Labute approximate surface area is 122 Å². The van der Waals surface area contributed by atoms with E-state index in [-0.39, 0.29) is 28.8 Å². The van der Waals surface area contributed by atoms with Gasteiger partial charge in [-0.15, -0.1) is 0 Å². The molecule has 0 bridgehead atoms.